The SMILES string of the molecule is CCCNC(=O)c1ccc(C)c(NC(=O)C2CC23CC3)c1. The predicted molar refractivity (Wildman–Crippen MR) is 82.2 cm³/mol. The van der Waals surface area contributed by atoms with Crippen LogP contribution in [-0.4, -0.2) is 18.4 Å². The molecule has 4 heteroatoms. The molecule has 1 atom stereocenters. The maximum atomic E-state index is 12.2. The van der Waals surface area contributed by atoms with E-state index >= 15 is 0 Å². The lowest BCUT2D eigenvalue weighted by molar-refractivity contribution is -0.117. The van der Waals surface area contributed by atoms with Gasteiger partial charge in [-0.2, -0.15) is 0 Å². The van der Waals surface area contributed by atoms with Crippen LogP contribution in [0.15, 0.2) is 18.2 Å². The van der Waals surface area contributed by atoms with Crippen LogP contribution in [0.25, 0.3) is 0 Å². The highest BCUT2D eigenvalue weighted by Gasteiger charge is 2.65. The topological polar surface area (TPSA) is 58.2 Å². The average molecular weight is 286 g/mol. The van der Waals surface area contributed by atoms with Crippen LogP contribution in [0.5, 0.6) is 0 Å². The van der Waals surface area contributed by atoms with E-state index in [1.54, 1.807) is 12.1 Å². The van der Waals surface area contributed by atoms with Gasteiger partial charge in [0.1, 0.15) is 0 Å². The lowest BCUT2D eigenvalue weighted by Gasteiger charge is -2.11. The first-order valence-corrected chi connectivity index (χ1v) is 7.75. The van der Waals surface area contributed by atoms with Crippen molar-refractivity contribution < 1.29 is 9.59 Å². The van der Waals surface area contributed by atoms with Gasteiger partial charge in [-0.25, -0.2) is 0 Å². The molecule has 0 saturated heterocycles. The van der Waals surface area contributed by atoms with Crippen LogP contribution in [0.4, 0.5) is 5.69 Å². The van der Waals surface area contributed by atoms with Crippen molar-refractivity contribution in [1.29, 1.82) is 0 Å². The van der Waals surface area contributed by atoms with Crippen LogP contribution < -0.4 is 10.6 Å². The van der Waals surface area contributed by atoms with E-state index in [1.807, 2.05) is 19.9 Å². The Morgan fingerprint density at radius 2 is 2.10 bits per heavy atom. The molecule has 1 aromatic carbocycles. The Labute approximate surface area is 125 Å². The molecule has 21 heavy (non-hydrogen) atoms. The van der Waals surface area contributed by atoms with Crippen molar-refractivity contribution in [2.45, 2.75) is 39.5 Å². The van der Waals surface area contributed by atoms with E-state index < -0.39 is 0 Å². The van der Waals surface area contributed by atoms with Gasteiger partial charge in [0, 0.05) is 23.7 Å². The summed E-state index contributed by atoms with van der Waals surface area (Å²) in [5.74, 6) is 0.216. The number of benzene rings is 1. The Balaban J connectivity index is 1.69. The second-order valence-corrected chi connectivity index (χ2v) is 6.39. The Kier molecular flexibility index (Phi) is 3.47. The van der Waals surface area contributed by atoms with Crippen LogP contribution >= 0.6 is 0 Å². The number of amides is 2. The summed E-state index contributed by atoms with van der Waals surface area (Å²) in [6, 6.07) is 5.46. The van der Waals surface area contributed by atoms with Crippen molar-refractivity contribution in [2.75, 3.05) is 11.9 Å². The molecule has 2 fully saturated rings. The summed E-state index contributed by atoms with van der Waals surface area (Å²) >= 11 is 0. The van der Waals surface area contributed by atoms with E-state index in [2.05, 4.69) is 10.6 Å². The van der Waals surface area contributed by atoms with Gasteiger partial charge in [-0.05, 0) is 55.7 Å². The minimum Gasteiger partial charge on any atom is -0.352 e. The van der Waals surface area contributed by atoms with Gasteiger partial charge in [-0.3, -0.25) is 9.59 Å². The zero-order valence-corrected chi connectivity index (χ0v) is 12.7. The van der Waals surface area contributed by atoms with E-state index in [1.165, 1.54) is 12.8 Å². The van der Waals surface area contributed by atoms with Gasteiger partial charge in [0.05, 0.1) is 0 Å². The number of carbonyl (C=O) groups is 2. The Hall–Kier alpha value is -1.84. The summed E-state index contributed by atoms with van der Waals surface area (Å²) < 4.78 is 0. The molecule has 1 unspecified atom stereocenters. The molecule has 0 aromatic heterocycles. The molecule has 2 amide bonds. The lowest BCUT2D eigenvalue weighted by Crippen LogP contribution is -2.24. The van der Waals surface area contributed by atoms with Crippen LogP contribution in [0, 0.1) is 18.3 Å². The monoisotopic (exact) mass is 286 g/mol. The third-order valence-electron chi connectivity index (χ3n) is 4.69. The third kappa shape index (κ3) is 2.80. The molecule has 1 aromatic rings. The fraction of sp³-hybridized carbons (Fsp3) is 0.529. The zero-order chi connectivity index (χ0) is 15.0. The lowest BCUT2D eigenvalue weighted by atomic mass is 10.1. The van der Waals surface area contributed by atoms with Crippen molar-refractivity contribution in [3.05, 3.63) is 29.3 Å². The first kappa shape index (κ1) is 14.1. The summed E-state index contributed by atoms with van der Waals surface area (Å²) in [6.45, 7) is 4.63. The van der Waals surface area contributed by atoms with Gasteiger partial charge in [-0.1, -0.05) is 13.0 Å². The molecule has 0 heterocycles. The second kappa shape index (κ2) is 5.17. The molecule has 1 spiro atoms. The van der Waals surface area contributed by atoms with Crippen LogP contribution in [0.1, 0.15) is 48.5 Å². The maximum absolute atomic E-state index is 12.2. The van der Waals surface area contributed by atoms with E-state index in [0.29, 0.717) is 17.5 Å². The summed E-state index contributed by atoms with van der Waals surface area (Å²) in [5.41, 5.74) is 2.70. The smallest absolute Gasteiger partial charge is 0.251 e. The number of hydrogen-bond donors (Lipinski definition) is 2. The van der Waals surface area contributed by atoms with Gasteiger partial charge >= 0.3 is 0 Å². The predicted octanol–water partition coefficient (Wildman–Crippen LogP) is 2.87. The van der Waals surface area contributed by atoms with Crippen molar-refractivity contribution in [1.82, 2.24) is 5.32 Å². The largest absolute Gasteiger partial charge is 0.352 e. The first-order chi connectivity index (χ1) is 10.1. The van der Waals surface area contributed by atoms with Crippen LogP contribution in [0.3, 0.4) is 0 Å². The number of rotatable bonds is 5. The number of nitrogens with one attached hydrogen (secondary N) is 2. The van der Waals surface area contributed by atoms with Gasteiger partial charge in [-0.15, -0.1) is 0 Å². The number of anilines is 1. The van der Waals surface area contributed by atoms with Crippen LogP contribution in [0.2, 0.25) is 0 Å². The Morgan fingerprint density at radius 1 is 1.33 bits per heavy atom. The number of aryl methyl sites for hydroxylation is 1. The van der Waals surface area contributed by atoms with Crippen molar-refractivity contribution >= 4 is 17.5 Å². The Morgan fingerprint density at radius 3 is 2.71 bits per heavy atom. The average Bonchev–Trinajstić information content (AvgIpc) is 3.39. The molecule has 4 nitrogen and oxygen atoms in total. The van der Waals surface area contributed by atoms with Crippen molar-refractivity contribution in [3.63, 3.8) is 0 Å². The van der Waals surface area contributed by atoms with Gasteiger partial charge < -0.3 is 10.6 Å². The van der Waals surface area contributed by atoms with Gasteiger partial charge in [0.15, 0.2) is 0 Å². The standard InChI is InChI=1S/C17H22N2O2/c1-3-8-18-15(20)12-5-4-11(2)14(9-12)19-16(21)13-10-17(13)6-7-17/h4-5,9,13H,3,6-8,10H2,1-2H3,(H,18,20)(H,19,21). The highest BCUT2D eigenvalue weighted by Crippen LogP contribution is 2.70. The normalized spacial score (nSPS) is 21.0. The summed E-state index contributed by atoms with van der Waals surface area (Å²) in [5, 5.41) is 5.86. The van der Waals surface area contributed by atoms with Crippen molar-refractivity contribution in [2.24, 2.45) is 11.3 Å². The quantitative estimate of drug-likeness (QED) is 0.874. The van der Waals surface area contributed by atoms with Gasteiger partial charge in [0.2, 0.25) is 5.91 Å². The molecule has 0 aliphatic heterocycles. The second-order valence-electron chi connectivity index (χ2n) is 6.39. The molecule has 2 saturated carbocycles. The minimum atomic E-state index is -0.0857. The molecular weight excluding hydrogens is 264 g/mol. The van der Waals surface area contributed by atoms with E-state index in [9.17, 15) is 9.59 Å². The van der Waals surface area contributed by atoms with Crippen LogP contribution in [-0.2, 0) is 4.79 Å². The summed E-state index contributed by atoms with van der Waals surface area (Å²) in [7, 11) is 0. The highest BCUT2D eigenvalue weighted by atomic mass is 16.2. The third-order valence-corrected chi connectivity index (χ3v) is 4.69. The van der Waals surface area contributed by atoms with E-state index in [4.69, 9.17) is 0 Å². The molecule has 2 N–H and O–H groups in total. The van der Waals surface area contributed by atoms with E-state index in [-0.39, 0.29) is 17.7 Å². The highest BCUT2D eigenvalue weighted by molar-refractivity contribution is 5.99. The number of carbonyl (C=O) groups excluding carboxylic acids is 2. The first-order valence-electron chi connectivity index (χ1n) is 7.75. The molecule has 0 bridgehead atoms. The minimum absolute atomic E-state index is 0.0857. The fourth-order valence-corrected chi connectivity index (χ4v) is 2.89. The molecule has 2 aliphatic rings. The summed E-state index contributed by atoms with van der Waals surface area (Å²) in [6.07, 6.45) is 4.34. The van der Waals surface area contributed by atoms with Gasteiger partial charge in [0.25, 0.3) is 5.91 Å². The maximum Gasteiger partial charge on any atom is 0.251 e. The number of hydrogen-bond acceptors (Lipinski definition) is 2. The molecule has 0 radical (unpaired) electrons. The molecular formula is C17H22N2O2. The fourth-order valence-electron chi connectivity index (χ4n) is 2.89. The molecule has 3 rings (SSSR count). The molecule has 2 aliphatic carbocycles. The zero-order valence-electron chi connectivity index (χ0n) is 12.7. The summed E-state index contributed by atoms with van der Waals surface area (Å²) in [4.78, 5) is 24.2. The van der Waals surface area contributed by atoms with E-state index in [0.717, 1.165) is 24.1 Å². The Bertz CT molecular complexity index is 590. The molecule has 112 valence electrons. The van der Waals surface area contributed by atoms with Crippen molar-refractivity contribution in [3.8, 4) is 0 Å².